The third-order valence-corrected chi connectivity index (χ3v) is 4.09. The molecule has 138 valence electrons. The molecule has 3 rings (SSSR count). The Morgan fingerprint density at radius 3 is 2.88 bits per heavy atom. The van der Waals surface area contributed by atoms with E-state index < -0.39 is 0 Å². The molecule has 1 atom stereocenters. The maximum Gasteiger partial charge on any atom is 0.274 e. The minimum atomic E-state index is -0.362. The average Bonchev–Trinajstić information content (AvgIpc) is 3.20. The van der Waals surface area contributed by atoms with E-state index in [1.807, 2.05) is 0 Å². The lowest BCUT2D eigenvalue weighted by Crippen LogP contribution is -2.20. The number of carbonyl (C=O) groups is 1. The second-order valence-corrected chi connectivity index (χ2v) is 5.82. The third kappa shape index (κ3) is 4.40. The number of nitrogens with one attached hydrogen (secondary N) is 2. The van der Waals surface area contributed by atoms with E-state index in [4.69, 9.17) is 14.2 Å². The molecular formula is C18H22N4O4. The number of carbonyl (C=O) groups excluding carboxylic acids is 1. The fraction of sp³-hybridized carbons (Fsp3) is 0.389. The van der Waals surface area contributed by atoms with Crippen LogP contribution in [0.3, 0.4) is 0 Å². The van der Waals surface area contributed by atoms with Gasteiger partial charge in [-0.05, 0) is 25.0 Å². The average molecular weight is 358 g/mol. The normalized spacial score (nSPS) is 16.2. The van der Waals surface area contributed by atoms with Crippen molar-refractivity contribution in [2.24, 2.45) is 0 Å². The quantitative estimate of drug-likeness (QED) is 0.784. The first-order valence-electron chi connectivity index (χ1n) is 8.40. The molecule has 8 heteroatoms. The van der Waals surface area contributed by atoms with Gasteiger partial charge in [-0.15, -0.1) is 0 Å². The van der Waals surface area contributed by atoms with Gasteiger partial charge >= 0.3 is 0 Å². The number of methoxy groups -OCH3 is 2. The summed E-state index contributed by atoms with van der Waals surface area (Å²) in [6.07, 6.45) is 3.64. The number of rotatable bonds is 7. The number of hydrogen-bond donors (Lipinski definition) is 2. The number of nitrogens with zero attached hydrogens (tertiary/aromatic N) is 2. The molecule has 1 saturated heterocycles. The SMILES string of the molecule is COc1ccc(OC)c(NC(=O)c2cc(NCC3CCCO3)ncn2)c1. The molecule has 0 radical (unpaired) electrons. The molecule has 1 fully saturated rings. The maximum atomic E-state index is 12.5. The fourth-order valence-electron chi connectivity index (χ4n) is 2.70. The van der Waals surface area contributed by atoms with Crippen molar-refractivity contribution in [2.75, 3.05) is 38.0 Å². The van der Waals surface area contributed by atoms with Gasteiger partial charge in [0.1, 0.15) is 29.3 Å². The zero-order valence-corrected chi connectivity index (χ0v) is 14.8. The van der Waals surface area contributed by atoms with Crippen molar-refractivity contribution in [3.63, 3.8) is 0 Å². The van der Waals surface area contributed by atoms with Crippen molar-refractivity contribution in [1.29, 1.82) is 0 Å². The predicted octanol–water partition coefficient (Wildman–Crippen LogP) is 2.34. The first-order valence-corrected chi connectivity index (χ1v) is 8.40. The summed E-state index contributed by atoms with van der Waals surface area (Å²) in [5.41, 5.74) is 0.754. The van der Waals surface area contributed by atoms with Crippen LogP contribution in [-0.4, -0.2) is 49.4 Å². The topological polar surface area (TPSA) is 94.6 Å². The lowest BCUT2D eigenvalue weighted by molar-refractivity contribution is 0.102. The van der Waals surface area contributed by atoms with Gasteiger partial charge in [0, 0.05) is 25.3 Å². The third-order valence-electron chi connectivity index (χ3n) is 4.09. The van der Waals surface area contributed by atoms with Crippen molar-refractivity contribution in [3.05, 3.63) is 36.3 Å². The standard InChI is InChI=1S/C18H22N4O4/c1-24-12-5-6-16(25-2)14(8-12)22-18(23)15-9-17(21-11-20-15)19-10-13-4-3-7-26-13/h5-6,8-9,11,13H,3-4,7,10H2,1-2H3,(H,22,23)(H,19,20,21). The molecule has 2 aromatic rings. The van der Waals surface area contributed by atoms with E-state index in [2.05, 4.69) is 20.6 Å². The van der Waals surface area contributed by atoms with Gasteiger partial charge < -0.3 is 24.8 Å². The number of anilines is 2. The first-order chi connectivity index (χ1) is 12.7. The van der Waals surface area contributed by atoms with Gasteiger partial charge in [0.2, 0.25) is 0 Å². The Bertz CT molecular complexity index is 763. The Balaban J connectivity index is 1.68. The van der Waals surface area contributed by atoms with E-state index in [0.717, 1.165) is 19.4 Å². The van der Waals surface area contributed by atoms with Gasteiger partial charge in [0.15, 0.2) is 0 Å². The van der Waals surface area contributed by atoms with Gasteiger partial charge in [-0.3, -0.25) is 4.79 Å². The van der Waals surface area contributed by atoms with E-state index in [9.17, 15) is 4.79 Å². The van der Waals surface area contributed by atoms with Crippen LogP contribution in [0.1, 0.15) is 23.3 Å². The van der Waals surface area contributed by atoms with E-state index in [1.54, 1.807) is 31.4 Å². The summed E-state index contributed by atoms with van der Waals surface area (Å²) in [7, 11) is 3.10. The molecule has 1 aromatic carbocycles. The summed E-state index contributed by atoms with van der Waals surface area (Å²) in [5.74, 6) is 1.37. The van der Waals surface area contributed by atoms with Crippen molar-refractivity contribution < 1.29 is 19.0 Å². The summed E-state index contributed by atoms with van der Waals surface area (Å²) in [6.45, 7) is 1.45. The van der Waals surface area contributed by atoms with Crippen molar-refractivity contribution in [1.82, 2.24) is 9.97 Å². The molecule has 0 spiro atoms. The Labute approximate surface area is 151 Å². The summed E-state index contributed by atoms with van der Waals surface area (Å²) < 4.78 is 16.0. The van der Waals surface area contributed by atoms with Crippen LogP contribution in [0, 0.1) is 0 Å². The molecule has 2 N–H and O–H groups in total. The zero-order valence-electron chi connectivity index (χ0n) is 14.8. The molecule has 1 aliphatic heterocycles. The highest BCUT2D eigenvalue weighted by atomic mass is 16.5. The lowest BCUT2D eigenvalue weighted by Gasteiger charge is -2.13. The van der Waals surface area contributed by atoms with Crippen molar-refractivity contribution in [3.8, 4) is 11.5 Å². The molecule has 1 unspecified atom stereocenters. The molecule has 2 heterocycles. The Morgan fingerprint density at radius 2 is 2.15 bits per heavy atom. The van der Waals surface area contributed by atoms with E-state index in [1.165, 1.54) is 13.4 Å². The number of hydrogen-bond acceptors (Lipinski definition) is 7. The van der Waals surface area contributed by atoms with Crippen LogP contribution < -0.4 is 20.1 Å². The smallest absolute Gasteiger partial charge is 0.274 e. The van der Waals surface area contributed by atoms with Gasteiger partial charge in [-0.25, -0.2) is 9.97 Å². The number of benzene rings is 1. The van der Waals surface area contributed by atoms with E-state index >= 15 is 0 Å². The Hall–Kier alpha value is -2.87. The van der Waals surface area contributed by atoms with Gasteiger partial charge in [-0.2, -0.15) is 0 Å². The zero-order chi connectivity index (χ0) is 18.4. The first kappa shape index (κ1) is 17.9. The molecule has 1 aromatic heterocycles. The number of ether oxygens (including phenoxy) is 3. The molecule has 0 bridgehead atoms. The van der Waals surface area contributed by atoms with Gasteiger partial charge in [-0.1, -0.05) is 0 Å². The molecule has 8 nitrogen and oxygen atoms in total. The monoisotopic (exact) mass is 358 g/mol. The van der Waals surface area contributed by atoms with Crippen LogP contribution in [0.4, 0.5) is 11.5 Å². The molecular weight excluding hydrogens is 336 g/mol. The van der Waals surface area contributed by atoms with Crippen LogP contribution in [0.25, 0.3) is 0 Å². The van der Waals surface area contributed by atoms with Crippen LogP contribution in [-0.2, 0) is 4.74 Å². The summed E-state index contributed by atoms with van der Waals surface area (Å²) >= 11 is 0. The summed E-state index contributed by atoms with van der Waals surface area (Å²) in [4.78, 5) is 20.7. The highest BCUT2D eigenvalue weighted by Gasteiger charge is 2.16. The second-order valence-electron chi connectivity index (χ2n) is 5.82. The van der Waals surface area contributed by atoms with Crippen molar-refractivity contribution >= 4 is 17.4 Å². The Morgan fingerprint density at radius 1 is 1.27 bits per heavy atom. The van der Waals surface area contributed by atoms with Crippen LogP contribution in [0.2, 0.25) is 0 Å². The van der Waals surface area contributed by atoms with E-state index in [0.29, 0.717) is 29.5 Å². The highest BCUT2D eigenvalue weighted by molar-refractivity contribution is 6.04. The predicted molar refractivity (Wildman–Crippen MR) is 97.0 cm³/mol. The largest absolute Gasteiger partial charge is 0.497 e. The second kappa shape index (κ2) is 8.48. The molecule has 0 aliphatic carbocycles. The molecule has 0 saturated carbocycles. The van der Waals surface area contributed by atoms with Gasteiger partial charge in [0.05, 0.1) is 26.0 Å². The molecule has 1 amide bonds. The van der Waals surface area contributed by atoms with Crippen LogP contribution in [0.15, 0.2) is 30.6 Å². The summed E-state index contributed by atoms with van der Waals surface area (Å²) in [5, 5.41) is 5.98. The minimum Gasteiger partial charge on any atom is -0.497 e. The molecule has 1 aliphatic rings. The minimum absolute atomic E-state index is 0.184. The van der Waals surface area contributed by atoms with Crippen LogP contribution >= 0.6 is 0 Å². The number of aromatic nitrogens is 2. The maximum absolute atomic E-state index is 12.5. The van der Waals surface area contributed by atoms with Crippen LogP contribution in [0.5, 0.6) is 11.5 Å². The van der Waals surface area contributed by atoms with Gasteiger partial charge in [0.25, 0.3) is 5.91 Å². The Kier molecular flexibility index (Phi) is 5.85. The number of amides is 1. The molecule has 26 heavy (non-hydrogen) atoms. The lowest BCUT2D eigenvalue weighted by atomic mass is 10.2. The summed E-state index contributed by atoms with van der Waals surface area (Å²) in [6, 6.07) is 6.78. The highest BCUT2D eigenvalue weighted by Crippen LogP contribution is 2.29. The fourth-order valence-corrected chi connectivity index (χ4v) is 2.70. The van der Waals surface area contributed by atoms with Crippen molar-refractivity contribution in [2.45, 2.75) is 18.9 Å². The van der Waals surface area contributed by atoms with E-state index in [-0.39, 0.29) is 17.7 Å².